The third-order valence-electron chi connectivity index (χ3n) is 4.38. The minimum atomic E-state index is 0.319. The van der Waals surface area contributed by atoms with Crippen molar-refractivity contribution in [3.8, 4) is 0 Å². The number of anilines is 2. The zero-order valence-corrected chi connectivity index (χ0v) is 13.3. The Kier molecular flexibility index (Phi) is 3.53. The van der Waals surface area contributed by atoms with Gasteiger partial charge in [0.1, 0.15) is 17.2 Å². The van der Waals surface area contributed by atoms with Gasteiger partial charge in [-0.2, -0.15) is 0 Å². The average Bonchev–Trinajstić information content (AvgIpc) is 3.18. The molecule has 0 radical (unpaired) electrons. The zero-order valence-electron chi connectivity index (χ0n) is 12.6. The number of imidazole rings is 1. The van der Waals surface area contributed by atoms with Crippen molar-refractivity contribution < 1.29 is 0 Å². The van der Waals surface area contributed by atoms with Gasteiger partial charge in [0.15, 0.2) is 5.82 Å². The van der Waals surface area contributed by atoms with Crippen molar-refractivity contribution in [2.75, 3.05) is 17.2 Å². The van der Waals surface area contributed by atoms with Crippen LogP contribution >= 0.6 is 11.6 Å². The summed E-state index contributed by atoms with van der Waals surface area (Å²) in [5.74, 6) is 1.06. The summed E-state index contributed by atoms with van der Waals surface area (Å²) in [7, 11) is 0. The van der Waals surface area contributed by atoms with E-state index < -0.39 is 0 Å². The van der Waals surface area contributed by atoms with Gasteiger partial charge >= 0.3 is 0 Å². The number of halogens is 1. The summed E-state index contributed by atoms with van der Waals surface area (Å²) in [6.45, 7) is 1.77. The Balaban J connectivity index is 1.64. The van der Waals surface area contributed by atoms with Crippen molar-refractivity contribution in [2.24, 2.45) is 0 Å². The molecule has 1 saturated heterocycles. The van der Waals surface area contributed by atoms with Crippen LogP contribution in [0.5, 0.6) is 0 Å². The summed E-state index contributed by atoms with van der Waals surface area (Å²) in [6, 6.07) is 8.48. The maximum absolute atomic E-state index is 6.30. The van der Waals surface area contributed by atoms with Gasteiger partial charge in [-0.25, -0.2) is 15.0 Å². The van der Waals surface area contributed by atoms with E-state index >= 15 is 0 Å². The van der Waals surface area contributed by atoms with Crippen LogP contribution in [0.2, 0.25) is 5.02 Å². The van der Waals surface area contributed by atoms with Crippen molar-refractivity contribution in [1.29, 1.82) is 0 Å². The molecule has 2 aromatic heterocycles. The first kappa shape index (κ1) is 14.3. The molecule has 1 unspecified atom stereocenters. The molecule has 0 aliphatic carbocycles. The predicted octanol–water partition coefficient (Wildman–Crippen LogP) is 2.73. The largest absolute Gasteiger partial charge is 0.382 e. The Bertz CT molecular complexity index is 845. The van der Waals surface area contributed by atoms with E-state index in [0.717, 1.165) is 42.8 Å². The minimum absolute atomic E-state index is 0.319. The van der Waals surface area contributed by atoms with Crippen LogP contribution in [-0.4, -0.2) is 32.1 Å². The van der Waals surface area contributed by atoms with Crippen molar-refractivity contribution in [3.63, 3.8) is 0 Å². The third kappa shape index (κ3) is 2.49. The average molecular weight is 329 g/mol. The lowest BCUT2D eigenvalue weighted by Gasteiger charge is -2.27. The maximum atomic E-state index is 6.30. The Morgan fingerprint density at radius 1 is 1.22 bits per heavy atom. The number of fused-ring (bicyclic) bond motifs is 1. The molecule has 6 nitrogen and oxygen atoms in total. The van der Waals surface area contributed by atoms with Gasteiger partial charge in [-0.3, -0.25) is 0 Å². The van der Waals surface area contributed by atoms with Gasteiger partial charge < -0.3 is 15.2 Å². The number of benzene rings is 1. The van der Waals surface area contributed by atoms with Gasteiger partial charge in [-0.15, -0.1) is 0 Å². The Hall–Kier alpha value is -2.34. The Labute approximate surface area is 138 Å². The first-order chi connectivity index (χ1) is 11.2. The minimum Gasteiger partial charge on any atom is -0.382 e. The molecule has 7 heteroatoms. The second kappa shape index (κ2) is 5.70. The fraction of sp³-hybridized carbons (Fsp3) is 0.312. The standard InChI is InChI=1S/C16H17ClN6/c17-14-15(18)19-9-20-16(14)23-7-3-4-11(23)8-22-10-21-12-5-1-2-6-13(12)22/h1-2,5-6,9-11H,3-4,7-8H2,(H2,18,19,20). The van der Waals surface area contributed by atoms with Gasteiger partial charge in [0.2, 0.25) is 0 Å². The Morgan fingerprint density at radius 2 is 2.09 bits per heavy atom. The van der Waals surface area contributed by atoms with E-state index in [9.17, 15) is 0 Å². The first-order valence-electron chi connectivity index (χ1n) is 7.66. The van der Waals surface area contributed by atoms with E-state index in [2.05, 4.69) is 30.5 Å². The number of nitrogens with zero attached hydrogens (tertiary/aromatic N) is 5. The molecule has 23 heavy (non-hydrogen) atoms. The summed E-state index contributed by atoms with van der Waals surface area (Å²) >= 11 is 6.30. The number of para-hydroxylation sites is 2. The lowest BCUT2D eigenvalue weighted by Crippen LogP contribution is -2.33. The molecule has 0 spiro atoms. The quantitative estimate of drug-likeness (QED) is 0.800. The van der Waals surface area contributed by atoms with Crippen molar-refractivity contribution in [2.45, 2.75) is 25.4 Å². The van der Waals surface area contributed by atoms with Crippen LogP contribution in [0.1, 0.15) is 12.8 Å². The smallest absolute Gasteiger partial charge is 0.153 e. The van der Waals surface area contributed by atoms with Crippen LogP contribution in [0.25, 0.3) is 11.0 Å². The highest BCUT2D eigenvalue weighted by molar-refractivity contribution is 6.35. The molecule has 118 valence electrons. The van der Waals surface area contributed by atoms with E-state index in [4.69, 9.17) is 17.3 Å². The molecular weight excluding hydrogens is 312 g/mol. The molecule has 1 aliphatic rings. The van der Waals surface area contributed by atoms with E-state index in [-0.39, 0.29) is 0 Å². The first-order valence-corrected chi connectivity index (χ1v) is 8.04. The molecule has 1 aromatic carbocycles. The second-order valence-electron chi connectivity index (χ2n) is 5.77. The van der Waals surface area contributed by atoms with Crippen LogP contribution in [0.15, 0.2) is 36.9 Å². The highest BCUT2D eigenvalue weighted by Crippen LogP contribution is 2.33. The summed E-state index contributed by atoms with van der Waals surface area (Å²) < 4.78 is 2.19. The summed E-state index contributed by atoms with van der Waals surface area (Å²) in [4.78, 5) is 15.0. The fourth-order valence-electron chi connectivity index (χ4n) is 3.26. The van der Waals surface area contributed by atoms with Crippen LogP contribution in [0.4, 0.5) is 11.6 Å². The number of nitrogen functional groups attached to an aromatic ring is 1. The van der Waals surface area contributed by atoms with Crippen molar-refractivity contribution in [1.82, 2.24) is 19.5 Å². The predicted molar refractivity (Wildman–Crippen MR) is 91.6 cm³/mol. The normalized spacial score (nSPS) is 18.0. The summed E-state index contributed by atoms with van der Waals surface area (Å²) in [6.07, 6.45) is 5.57. The summed E-state index contributed by atoms with van der Waals surface area (Å²) in [5, 5.41) is 0.440. The van der Waals surface area contributed by atoms with Crippen LogP contribution in [0, 0.1) is 0 Å². The van der Waals surface area contributed by atoms with E-state index in [1.54, 1.807) is 0 Å². The van der Waals surface area contributed by atoms with Crippen LogP contribution in [-0.2, 0) is 6.54 Å². The molecule has 2 N–H and O–H groups in total. The molecule has 1 fully saturated rings. The number of hydrogen-bond donors (Lipinski definition) is 1. The lowest BCUT2D eigenvalue weighted by molar-refractivity contribution is 0.556. The van der Waals surface area contributed by atoms with Gasteiger partial charge in [0.25, 0.3) is 0 Å². The van der Waals surface area contributed by atoms with Gasteiger partial charge in [0, 0.05) is 19.1 Å². The van der Waals surface area contributed by atoms with Crippen LogP contribution < -0.4 is 10.6 Å². The fourth-order valence-corrected chi connectivity index (χ4v) is 3.47. The molecule has 3 heterocycles. The maximum Gasteiger partial charge on any atom is 0.153 e. The number of nitrogens with two attached hydrogens (primary N) is 1. The zero-order chi connectivity index (χ0) is 15.8. The van der Waals surface area contributed by atoms with Crippen molar-refractivity contribution in [3.05, 3.63) is 41.9 Å². The molecule has 4 rings (SSSR count). The molecule has 0 bridgehead atoms. The lowest BCUT2D eigenvalue weighted by atomic mass is 10.2. The van der Waals surface area contributed by atoms with Gasteiger partial charge in [-0.1, -0.05) is 23.7 Å². The molecule has 0 amide bonds. The highest BCUT2D eigenvalue weighted by atomic mass is 35.5. The SMILES string of the molecule is Nc1ncnc(N2CCCC2Cn2cnc3ccccc32)c1Cl. The number of rotatable bonds is 3. The monoisotopic (exact) mass is 328 g/mol. The molecule has 3 aromatic rings. The number of hydrogen-bond acceptors (Lipinski definition) is 5. The van der Waals surface area contributed by atoms with Crippen LogP contribution in [0.3, 0.4) is 0 Å². The number of aromatic nitrogens is 4. The van der Waals surface area contributed by atoms with Crippen molar-refractivity contribution >= 4 is 34.3 Å². The van der Waals surface area contributed by atoms with E-state index in [0.29, 0.717) is 16.9 Å². The van der Waals surface area contributed by atoms with Gasteiger partial charge in [0.05, 0.1) is 17.4 Å². The molecule has 1 atom stereocenters. The van der Waals surface area contributed by atoms with E-state index in [1.165, 1.54) is 6.33 Å². The highest BCUT2D eigenvalue weighted by Gasteiger charge is 2.28. The molecule has 0 saturated carbocycles. The molecular formula is C16H17ClN6. The van der Waals surface area contributed by atoms with Gasteiger partial charge in [-0.05, 0) is 25.0 Å². The van der Waals surface area contributed by atoms with E-state index in [1.807, 2.05) is 24.5 Å². The molecule has 1 aliphatic heterocycles. The third-order valence-corrected chi connectivity index (χ3v) is 4.74. The topological polar surface area (TPSA) is 72.9 Å². The second-order valence-corrected chi connectivity index (χ2v) is 6.15. The summed E-state index contributed by atoms with van der Waals surface area (Å²) in [5.41, 5.74) is 7.98. The Morgan fingerprint density at radius 3 is 3.00 bits per heavy atom.